The van der Waals surface area contributed by atoms with Crippen molar-refractivity contribution in [3.63, 3.8) is 0 Å². The molecule has 1 atom stereocenters. The lowest BCUT2D eigenvalue weighted by atomic mass is 10.2. The number of nitrogens with zero attached hydrogens (tertiary/aromatic N) is 1. The average Bonchev–Trinajstić information content (AvgIpc) is 2.28. The number of non-ortho nitro benzene ring substituents is 1. The van der Waals surface area contributed by atoms with E-state index in [0.29, 0.717) is 5.69 Å². The Hall–Kier alpha value is -2.19. The lowest BCUT2D eigenvalue weighted by Gasteiger charge is -2.09. The van der Waals surface area contributed by atoms with Crippen LogP contribution in [0.25, 0.3) is 0 Å². The minimum atomic E-state index is -1.18. The predicted octanol–water partition coefficient (Wildman–Crippen LogP) is 0.757. The van der Waals surface area contributed by atoms with E-state index < -0.39 is 29.3 Å². The van der Waals surface area contributed by atoms with Gasteiger partial charge in [-0.1, -0.05) is 0 Å². The van der Waals surface area contributed by atoms with Crippen molar-refractivity contribution >= 4 is 35.7 Å². The molecule has 0 fully saturated rings. The van der Waals surface area contributed by atoms with Gasteiger partial charge in [-0.15, -0.1) is 12.4 Å². The van der Waals surface area contributed by atoms with Gasteiger partial charge in [0.1, 0.15) is 0 Å². The number of nitro benzene ring substituents is 1. The van der Waals surface area contributed by atoms with Crippen molar-refractivity contribution < 1.29 is 19.6 Å². The number of hydrogen-bond acceptors (Lipinski definition) is 5. The van der Waals surface area contributed by atoms with Crippen LogP contribution in [0, 0.1) is 10.1 Å². The van der Waals surface area contributed by atoms with E-state index in [9.17, 15) is 19.7 Å². The Balaban J connectivity index is 0.00000324. The molecule has 0 unspecified atom stereocenters. The first-order valence-electron chi connectivity index (χ1n) is 4.93. The van der Waals surface area contributed by atoms with Gasteiger partial charge in [-0.05, 0) is 12.1 Å². The lowest BCUT2D eigenvalue weighted by molar-refractivity contribution is -0.384. The standard InChI is InChI=1S/C10H11N3O5.ClH/c11-8(5-9(14)15)10(16)12-6-1-3-7(4-2-6)13(17)18;/h1-4,8H,5,11H2,(H,12,16)(H,14,15);1H/t8-;/m0./s1. The third kappa shape index (κ3) is 5.32. The SMILES string of the molecule is Cl.N[C@@H](CC(=O)O)C(=O)Nc1ccc([N+](=O)[O-])cc1. The van der Waals surface area contributed by atoms with E-state index in [1.807, 2.05) is 0 Å². The summed E-state index contributed by atoms with van der Waals surface area (Å²) in [4.78, 5) is 31.6. The minimum absolute atomic E-state index is 0. The minimum Gasteiger partial charge on any atom is -0.481 e. The number of nitrogens with two attached hydrogens (primary N) is 1. The van der Waals surface area contributed by atoms with Gasteiger partial charge in [-0.2, -0.15) is 0 Å². The fourth-order valence-electron chi connectivity index (χ4n) is 1.18. The van der Waals surface area contributed by atoms with Crippen LogP contribution in [0.15, 0.2) is 24.3 Å². The van der Waals surface area contributed by atoms with Crippen LogP contribution in [0.2, 0.25) is 0 Å². The van der Waals surface area contributed by atoms with E-state index in [2.05, 4.69) is 5.32 Å². The van der Waals surface area contributed by atoms with Crippen LogP contribution >= 0.6 is 12.4 Å². The maximum Gasteiger partial charge on any atom is 0.305 e. The fourth-order valence-corrected chi connectivity index (χ4v) is 1.18. The van der Waals surface area contributed by atoms with Gasteiger partial charge in [0.2, 0.25) is 5.91 Å². The quantitative estimate of drug-likeness (QED) is 0.541. The van der Waals surface area contributed by atoms with Gasteiger partial charge in [0.25, 0.3) is 5.69 Å². The molecule has 0 aliphatic rings. The van der Waals surface area contributed by atoms with Crippen molar-refractivity contribution in [1.29, 1.82) is 0 Å². The van der Waals surface area contributed by atoms with Gasteiger partial charge in [-0.3, -0.25) is 19.7 Å². The molecule has 104 valence electrons. The number of anilines is 1. The molecule has 8 nitrogen and oxygen atoms in total. The third-order valence-electron chi connectivity index (χ3n) is 2.08. The number of rotatable bonds is 5. The summed E-state index contributed by atoms with van der Waals surface area (Å²) in [5.41, 5.74) is 5.55. The van der Waals surface area contributed by atoms with Crippen molar-refractivity contribution in [2.45, 2.75) is 12.5 Å². The largest absolute Gasteiger partial charge is 0.481 e. The number of carboxylic acid groups (broad SMARTS) is 1. The monoisotopic (exact) mass is 289 g/mol. The number of halogens is 1. The van der Waals surface area contributed by atoms with Crippen LogP contribution in [0.1, 0.15) is 6.42 Å². The number of nitro groups is 1. The van der Waals surface area contributed by atoms with E-state index in [1.54, 1.807) is 0 Å². The van der Waals surface area contributed by atoms with Crippen molar-refractivity contribution in [3.8, 4) is 0 Å². The summed E-state index contributed by atoms with van der Waals surface area (Å²) in [6.07, 6.45) is -0.487. The highest BCUT2D eigenvalue weighted by Crippen LogP contribution is 2.15. The van der Waals surface area contributed by atoms with E-state index in [4.69, 9.17) is 10.8 Å². The molecule has 0 aliphatic carbocycles. The maximum absolute atomic E-state index is 11.4. The van der Waals surface area contributed by atoms with Gasteiger partial charge in [0, 0.05) is 17.8 Å². The number of carboxylic acids is 1. The zero-order chi connectivity index (χ0) is 13.7. The third-order valence-corrected chi connectivity index (χ3v) is 2.08. The Kier molecular flexibility index (Phi) is 6.45. The second-order valence-electron chi connectivity index (χ2n) is 3.50. The van der Waals surface area contributed by atoms with Crippen molar-refractivity contribution in [3.05, 3.63) is 34.4 Å². The highest BCUT2D eigenvalue weighted by Gasteiger charge is 2.17. The van der Waals surface area contributed by atoms with Crippen LogP contribution in [0.4, 0.5) is 11.4 Å². The number of amides is 1. The molecule has 1 aromatic carbocycles. The molecule has 9 heteroatoms. The number of aliphatic carboxylic acids is 1. The van der Waals surface area contributed by atoms with Gasteiger partial charge < -0.3 is 16.2 Å². The second-order valence-corrected chi connectivity index (χ2v) is 3.50. The molecule has 4 N–H and O–H groups in total. The van der Waals surface area contributed by atoms with E-state index in [-0.39, 0.29) is 18.1 Å². The molecule has 0 heterocycles. The summed E-state index contributed by atoms with van der Waals surface area (Å²) < 4.78 is 0. The molecule has 1 aromatic rings. The molecule has 1 amide bonds. The van der Waals surface area contributed by atoms with Crippen LogP contribution < -0.4 is 11.1 Å². The Labute approximate surface area is 114 Å². The topological polar surface area (TPSA) is 136 Å². The van der Waals surface area contributed by atoms with Gasteiger partial charge in [0.05, 0.1) is 17.4 Å². The van der Waals surface area contributed by atoms with Crippen LogP contribution in [0.3, 0.4) is 0 Å². The molecule has 19 heavy (non-hydrogen) atoms. The Morgan fingerprint density at radius 2 is 1.89 bits per heavy atom. The molecule has 0 aromatic heterocycles. The van der Waals surface area contributed by atoms with E-state index in [1.165, 1.54) is 24.3 Å². The number of carbonyl (C=O) groups excluding carboxylic acids is 1. The molecule has 1 rings (SSSR count). The summed E-state index contributed by atoms with van der Waals surface area (Å²) in [5, 5.41) is 21.2. The van der Waals surface area contributed by atoms with Crippen molar-refractivity contribution in [2.24, 2.45) is 5.73 Å². The predicted molar refractivity (Wildman–Crippen MR) is 69.2 cm³/mol. The first kappa shape index (κ1) is 16.8. The van der Waals surface area contributed by atoms with Gasteiger partial charge >= 0.3 is 5.97 Å². The Morgan fingerprint density at radius 1 is 1.37 bits per heavy atom. The number of carbonyl (C=O) groups is 2. The summed E-state index contributed by atoms with van der Waals surface area (Å²) in [6, 6.07) is 3.95. The molecular weight excluding hydrogens is 278 g/mol. The number of benzene rings is 1. The molecular formula is C10H12ClN3O5. The second kappa shape index (κ2) is 7.29. The first-order valence-corrected chi connectivity index (χ1v) is 4.93. The summed E-state index contributed by atoms with van der Waals surface area (Å²) in [5.74, 6) is -1.84. The molecule has 0 aliphatic heterocycles. The van der Waals surface area contributed by atoms with Gasteiger partial charge in [0.15, 0.2) is 0 Å². The summed E-state index contributed by atoms with van der Waals surface area (Å²) in [7, 11) is 0. The normalized spacial score (nSPS) is 11.0. The lowest BCUT2D eigenvalue weighted by Crippen LogP contribution is -2.37. The zero-order valence-corrected chi connectivity index (χ0v) is 10.4. The van der Waals surface area contributed by atoms with Crippen molar-refractivity contribution in [2.75, 3.05) is 5.32 Å². The first-order chi connectivity index (χ1) is 8.40. The number of nitrogens with one attached hydrogen (secondary N) is 1. The fraction of sp³-hybridized carbons (Fsp3) is 0.200. The van der Waals surface area contributed by atoms with Crippen LogP contribution in [-0.2, 0) is 9.59 Å². The van der Waals surface area contributed by atoms with E-state index in [0.717, 1.165) is 0 Å². The molecule has 0 bridgehead atoms. The van der Waals surface area contributed by atoms with Crippen molar-refractivity contribution in [1.82, 2.24) is 0 Å². The number of hydrogen-bond donors (Lipinski definition) is 3. The molecule has 0 saturated carbocycles. The molecule has 0 radical (unpaired) electrons. The summed E-state index contributed by atoms with van der Waals surface area (Å²) >= 11 is 0. The average molecular weight is 290 g/mol. The molecule has 0 saturated heterocycles. The Morgan fingerprint density at radius 3 is 2.32 bits per heavy atom. The maximum atomic E-state index is 11.4. The van der Waals surface area contributed by atoms with Crippen LogP contribution in [-0.4, -0.2) is 27.9 Å². The summed E-state index contributed by atoms with van der Waals surface area (Å²) in [6.45, 7) is 0. The zero-order valence-electron chi connectivity index (χ0n) is 9.61. The smallest absolute Gasteiger partial charge is 0.305 e. The van der Waals surface area contributed by atoms with Crippen LogP contribution in [0.5, 0.6) is 0 Å². The highest BCUT2D eigenvalue weighted by atomic mass is 35.5. The van der Waals surface area contributed by atoms with E-state index >= 15 is 0 Å². The van der Waals surface area contributed by atoms with Gasteiger partial charge in [-0.25, -0.2) is 0 Å². The Bertz CT molecular complexity index is 477. The molecule has 0 spiro atoms. The highest BCUT2D eigenvalue weighted by molar-refractivity contribution is 5.96.